The fourth-order valence-corrected chi connectivity index (χ4v) is 4.81. The van der Waals surface area contributed by atoms with Crippen molar-refractivity contribution < 1.29 is 13.2 Å². The van der Waals surface area contributed by atoms with E-state index >= 15 is 0 Å². The number of thiazole rings is 1. The Balaban J connectivity index is 1.58. The van der Waals surface area contributed by atoms with Crippen molar-refractivity contribution >= 4 is 23.1 Å². The van der Waals surface area contributed by atoms with Gasteiger partial charge in [-0.1, -0.05) is 35.5 Å². The first-order valence-electron chi connectivity index (χ1n) is 9.32. The molecule has 11 heteroatoms. The molecule has 4 rings (SSSR count). The first-order chi connectivity index (χ1) is 14.6. The molecule has 0 bridgehead atoms. The largest absolute Gasteiger partial charge is 0.433 e. The van der Waals surface area contributed by atoms with Crippen LogP contribution in [0.5, 0.6) is 0 Å². The highest BCUT2D eigenvalue weighted by Gasteiger charge is 2.36. The lowest BCUT2D eigenvalue weighted by atomic mass is 10.1. The fourth-order valence-electron chi connectivity index (χ4n) is 3.07. The minimum absolute atomic E-state index is 0.128. The third-order valence-corrected chi connectivity index (χ3v) is 6.61. The molecular weight excluding hydrogens is 445 g/mol. The molecule has 31 heavy (non-hydrogen) atoms. The van der Waals surface area contributed by atoms with Crippen molar-refractivity contribution in [2.75, 3.05) is 0 Å². The maximum absolute atomic E-state index is 13.3. The molecule has 1 aromatic carbocycles. The number of aromatic nitrogens is 6. The first kappa shape index (κ1) is 21.6. The molecule has 4 aromatic rings. The van der Waals surface area contributed by atoms with Crippen LogP contribution in [0.4, 0.5) is 13.2 Å². The van der Waals surface area contributed by atoms with Crippen LogP contribution in [0.15, 0.2) is 34.8 Å². The molecule has 0 atom stereocenters. The van der Waals surface area contributed by atoms with E-state index in [0.717, 1.165) is 27.8 Å². The Labute approximate surface area is 185 Å². The minimum atomic E-state index is -4.52. The zero-order valence-electron chi connectivity index (χ0n) is 17.2. The molecule has 6 nitrogen and oxygen atoms in total. The molecule has 0 fully saturated rings. The number of thioether (sulfide) groups is 1. The van der Waals surface area contributed by atoms with Gasteiger partial charge in [-0.2, -0.15) is 18.3 Å². The lowest BCUT2D eigenvalue weighted by Crippen LogP contribution is -2.13. The molecule has 0 aliphatic heterocycles. The lowest BCUT2D eigenvalue weighted by molar-refractivity contribution is -0.142. The fraction of sp³-hybridized carbons (Fsp3) is 0.300. The molecule has 0 spiro atoms. The Bertz CT molecular complexity index is 1240. The van der Waals surface area contributed by atoms with Gasteiger partial charge in [0.15, 0.2) is 16.7 Å². The summed E-state index contributed by atoms with van der Waals surface area (Å²) in [6.45, 7) is 5.64. The Morgan fingerprint density at radius 1 is 1.10 bits per heavy atom. The van der Waals surface area contributed by atoms with Crippen molar-refractivity contribution in [1.29, 1.82) is 0 Å². The highest BCUT2D eigenvalue weighted by molar-refractivity contribution is 7.98. The number of hydrogen-bond acceptors (Lipinski definition) is 6. The van der Waals surface area contributed by atoms with Crippen LogP contribution in [0.2, 0.25) is 0 Å². The maximum atomic E-state index is 13.3. The Hall–Kier alpha value is -2.66. The van der Waals surface area contributed by atoms with Gasteiger partial charge in [-0.25, -0.2) is 9.67 Å². The number of halogens is 3. The van der Waals surface area contributed by atoms with Crippen molar-refractivity contribution in [2.24, 2.45) is 7.05 Å². The summed E-state index contributed by atoms with van der Waals surface area (Å²) in [4.78, 5) is 4.34. The third-order valence-electron chi connectivity index (χ3n) is 4.72. The van der Waals surface area contributed by atoms with Crippen LogP contribution in [0.1, 0.15) is 28.1 Å². The highest BCUT2D eigenvalue weighted by Crippen LogP contribution is 2.33. The van der Waals surface area contributed by atoms with Gasteiger partial charge in [0.1, 0.15) is 5.69 Å². The van der Waals surface area contributed by atoms with Gasteiger partial charge in [0.2, 0.25) is 5.13 Å². The summed E-state index contributed by atoms with van der Waals surface area (Å²) in [5, 5.41) is 14.9. The molecule has 3 heterocycles. The summed E-state index contributed by atoms with van der Waals surface area (Å²) in [7, 11) is 1.82. The number of hydrogen-bond donors (Lipinski definition) is 0. The van der Waals surface area contributed by atoms with E-state index in [0.29, 0.717) is 16.7 Å². The summed E-state index contributed by atoms with van der Waals surface area (Å²) in [5.74, 6) is 1.23. The van der Waals surface area contributed by atoms with Crippen LogP contribution >= 0.6 is 23.1 Å². The lowest BCUT2D eigenvalue weighted by Gasteiger charge is -2.07. The average molecular weight is 465 g/mol. The van der Waals surface area contributed by atoms with E-state index in [2.05, 4.69) is 52.3 Å². The summed E-state index contributed by atoms with van der Waals surface area (Å²) in [5.41, 5.74) is 3.50. The normalized spacial score (nSPS) is 12.0. The monoisotopic (exact) mass is 464 g/mol. The van der Waals surface area contributed by atoms with Gasteiger partial charge in [-0.15, -0.1) is 21.5 Å². The number of benzene rings is 1. The van der Waals surface area contributed by atoms with Gasteiger partial charge in [-0.05, 0) is 38.0 Å². The van der Waals surface area contributed by atoms with E-state index in [4.69, 9.17) is 0 Å². The molecule has 0 unspecified atom stereocenters. The molecule has 162 valence electrons. The van der Waals surface area contributed by atoms with Gasteiger partial charge in [0.25, 0.3) is 0 Å². The van der Waals surface area contributed by atoms with Crippen LogP contribution in [0.25, 0.3) is 16.6 Å². The quantitative estimate of drug-likeness (QED) is 0.372. The first-order valence-corrected chi connectivity index (χ1v) is 11.2. The second-order valence-electron chi connectivity index (χ2n) is 7.18. The predicted molar refractivity (Wildman–Crippen MR) is 114 cm³/mol. The van der Waals surface area contributed by atoms with E-state index in [1.165, 1.54) is 23.6 Å². The van der Waals surface area contributed by atoms with Gasteiger partial charge < -0.3 is 4.57 Å². The van der Waals surface area contributed by atoms with E-state index in [-0.39, 0.29) is 10.8 Å². The summed E-state index contributed by atoms with van der Waals surface area (Å²) >= 11 is 2.62. The predicted octanol–water partition coefficient (Wildman–Crippen LogP) is 5.36. The van der Waals surface area contributed by atoms with E-state index < -0.39 is 11.9 Å². The summed E-state index contributed by atoms with van der Waals surface area (Å²) in [6, 6.07) is 7.33. The Morgan fingerprint density at radius 3 is 2.61 bits per heavy atom. The average Bonchev–Trinajstić information content (AvgIpc) is 3.40. The van der Waals surface area contributed by atoms with Crippen molar-refractivity contribution in [1.82, 2.24) is 29.5 Å². The van der Waals surface area contributed by atoms with Crippen molar-refractivity contribution in [3.63, 3.8) is 0 Å². The van der Waals surface area contributed by atoms with Crippen molar-refractivity contribution in [3.8, 4) is 16.6 Å². The molecule has 0 aliphatic rings. The van der Waals surface area contributed by atoms with Crippen molar-refractivity contribution in [3.05, 3.63) is 57.7 Å². The molecule has 0 saturated carbocycles. The van der Waals surface area contributed by atoms with Crippen LogP contribution in [-0.2, 0) is 19.0 Å². The van der Waals surface area contributed by atoms with Crippen molar-refractivity contribution in [2.45, 2.75) is 37.9 Å². The summed E-state index contributed by atoms with van der Waals surface area (Å²) in [6.07, 6.45) is -4.52. The number of nitrogens with zero attached hydrogens (tertiary/aromatic N) is 6. The Morgan fingerprint density at radius 2 is 1.87 bits per heavy atom. The van der Waals surface area contributed by atoms with Gasteiger partial charge in [-0.3, -0.25) is 0 Å². The molecule has 0 saturated heterocycles. The van der Waals surface area contributed by atoms with Gasteiger partial charge >= 0.3 is 6.18 Å². The highest BCUT2D eigenvalue weighted by atomic mass is 32.2. The molecule has 0 N–H and O–H groups in total. The van der Waals surface area contributed by atoms with E-state index in [1.54, 1.807) is 21.7 Å². The van der Waals surface area contributed by atoms with Crippen LogP contribution in [0, 0.1) is 20.8 Å². The van der Waals surface area contributed by atoms with E-state index in [9.17, 15) is 13.2 Å². The third kappa shape index (κ3) is 4.38. The van der Waals surface area contributed by atoms with Gasteiger partial charge in [0, 0.05) is 18.2 Å². The zero-order valence-corrected chi connectivity index (χ0v) is 18.9. The zero-order chi connectivity index (χ0) is 22.3. The number of alkyl halides is 3. The second kappa shape index (κ2) is 8.12. The molecule has 0 aliphatic carbocycles. The molecule has 0 amide bonds. The molecule has 3 aromatic heterocycles. The smallest absolute Gasteiger partial charge is 0.304 e. The second-order valence-corrected chi connectivity index (χ2v) is 8.96. The number of aryl methyl sites for hydroxylation is 3. The van der Waals surface area contributed by atoms with Crippen LogP contribution in [-0.4, -0.2) is 29.5 Å². The SMILES string of the molecule is Cc1ccc(C)c(CSc2nnc(-c3csc(-n4nc(C)cc4C(F)(F)F)n3)n2C)c1. The minimum Gasteiger partial charge on any atom is -0.304 e. The Kier molecular flexibility index (Phi) is 5.65. The topological polar surface area (TPSA) is 61.4 Å². The van der Waals surface area contributed by atoms with Crippen LogP contribution in [0.3, 0.4) is 0 Å². The maximum Gasteiger partial charge on any atom is 0.433 e. The molecule has 0 radical (unpaired) electrons. The summed E-state index contributed by atoms with van der Waals surface area (Å²) < 4.78 is 42.6. The molecular formula is C20H19F3N6S2. The standard InChI is InChI=1S/C20H19F3N6S2/c1-11-5-6-12(2)14(7-11)9-30-19-26-25-17(28(19)4)15-10-31-18(24-15)29-16(20(21,22)23)8-13(3)27-29/h5-8,10H,9H2,1-4H3. The van der Waals surface area contributed by atoms with E-state index in [1.807, 2.05) is 7.05 Å². The number of rotatable bonds is 5. The van der Waals surface area contributed by atoms with Crippen LogP contribution < -0.4 is 0 Å². The van der Waals surface area contributed by atoms with Gasteiger partial charge in [0.05, 0.1) is 5.69 Å².